The summed E-state index contributed by atoms with van der Waals surface area (Å²) in [6.45, 7) is 6.10. The van der Waals surface area contributed by atoms with Gasteiger partial charge in [-0.15, -0.1) is 0 Å². The maximum absolute atomic E-state index is 5.56. The van der Waals surface area contributed by atoms with E-state index in [0.29, 0.717) is 6.04 Å². The summed E-state index contributed by atoms with van der Waals surface area (Å²) in [5, 5.41) is 0. The fraction of sp³-hybridized carbons (Fsp3) is 1.00. The van der Waals surface area contributed by atoms with Crippen LogP contribution in [0.15, 0.2) is 0 Å². The van der Waals surface area contributed by atoms with Crippen LogP contribution in [0.25, 0.3) is 0 Å². The number of nitrogens with one attached hydrogen (secondary N) is 1. The zero-order valence-corrected chi connectivity index (χ0v) is 12.5. The van der Waals surface area contributed by atoms with E-state index in [1.165, 1.54) is 51.4 Å². The first kappa shape index (κ1) is 17.9. The second-order valence-corrected chi connectivity index (χ2v) is 5.17. The summed E-state index contributed by atoms with van der Waals surface area (Å²) in [6, 6.07) is 0.428. The molecule has 0 aliphatic carbocycles. The molecule has 0 rings (SSSR count). The molecule has 0 aliphatic rings. The summed E-state index contributed by atoms with van der Waals surface area (Å²) in [5.74, 6) is 5.56. The van der Waals surface area contributed by atoms with E-state index in [1.807, 2.05) is 0 Å². The molecular formula is C15H34N2O. The van der Waals surface area contributed by atoms with Gasteiger partial charge in [0, 0.05) is 19.3 Å². The van der Waals surface area contributed by atoms with Crippen LogP contribution in [-0.4, -0.2) is 19.3 Å². The third kappa shape index (κ3) is 12.3. The van der Waals surface area contributed by atoms with Gasteiger partial charge in [0.1, 0.15) is 0 Å². The van der Waals surface area contributed by atoms with E-state index >= 15 is 0 Å². The molecule has 110 valence electrons. The average molecular weight is 258 g/mol. The van der Waals surface area contributed by atoms with Crippen molar-refractivity contribution in [1.82, 2.24) is 5.43 Å². The maximum Gasteiger partial charge on any atom is 0.0481 e. The molecule has 0 amide bonds. The number of hydrogen-bond donors (Lipinski definition) is 2. The van der Waals surface area contributed by atoms with Crippen LogP contribution < -0.4 is 11.3 Å². The van der Waals surface area contributed by atoms with Crippen LogP contribution in [0, 0.1) is 0 Å². The molecule has 1 unspecified atom stereocenters. The Morgan fingerprint density at radius 2 is 1.50 bits per heavy atom. The molecule has 0 bridgehead atoms. The van der Waals surface area contributed by atoms with Gasteiger partial charge in [-0.2, -0.15) is 0 Å². The van der Waals surface area contributed by atoms with Gasteiger partial charge in [-0.05, 0) is 19.3 Å². The molecule has 0 saturated heterocycles. The van der Waals surface area contributed by atoms with E-state index in [-0.39, 0.29) is 0 Å². The third-order valence-corrected chi connectivity index (χ3v) is 3.35. The Morgan fingerprint density at radius 3 is 2.11 bits per heavy atom. The summed E-state index contributed by atoms with van der Waals surface area (Å²) in [7, 11) is 0. The predicted octanol–water partition coefficient (Wildman–Crippen LogP) is 3.78. The highest BCUT2D eigenvalue weighted by Crippen LogP contribution is 2.10. The topological polar surface area (TPSA) is 47.3 Å². The SMILES string of the molecule is CCCCCCCCCC(CCOCCC)NN. The van der Waals surface area contributed by atoms with Gasteiger partial charge in [-0.1, -0.05) is 58.8 Å². The molecule has 0 aromatic carbocycles. The smallest absolute Gasteiger partial charge is 0.0481 e. The van der Waals surface area contributed by atoms with Crippen LogP contribution in [0.4, 0.5) is 0 Å². The van der Waals surface area contributed by atoms with Gasteiger partial charge in [0.15, 0.2) is 0 Å². The number of ether oxygens (including phenoxy) is 1. The highest BCUT2D eigenvalue weighted by atomic mass is 16.5. The van der Waals surface area contributed by atoms with Crippen molar-refractivity contribution in [2.24, 2.45) is 5.84 Å². The fourth-order valence-electron chi connectivity index (χ4n) is 2.13. The molecule has 3 heteroatoms. The molecular weight excluding hydrogens is 224 g/mol. The predicted molar refractivity (Wildman–Crippen MR) is 79.4 cm³/mol. The van der Waals surface area contributed by atoms with Crippen molar-refractivity contribution in [1.29, 1.82) is 0 Å². The summed E-state index contributed by atoms with van der Waals surface area (Å²) in [6.07, 6.45) is 12.8. The second-order valence-electron chi connectivity index (χ2n) is 5.17. The van der Waals surface area contributed by atoms with Gasteiger partial charge < -0.3 is 4.74 Å². The lowest BCUT2D eigenvalue weighted by Crippen LogP contribution is -2.36. The summed E-state index contributed by atoms with van der Waals surface area (Å²) >= 11 is 0. The van der Waals surface area contributed by atoms with E-state index in [1.54, 1.807) is 0 Å². The highest BCUT2D eigenvalue weighted by Gasteiger charge is 2.05. The molecule has 3 nitrogen and oxygen atoms in total. The van der Waals surface area contributed by atoms with E-state index in [9.17, 15) is 0 Å². The Labute approximate surface area is 114 Å². The summed E-state index contributed by atoms with van der Waals surface area (Å²) in [4.78, 5) is 0. The summed E-state index contributed by atoms with van der Waals surface area (Å²) < 4.78 is 5.49. The zero-order valence-electron chi connectivity index (χ0n) is 12.5. The lowest BCUT2D eigenvalue weighted by Gasteiger charge is -2.15. The van der Waals surface area contributed by atoms with E-state index in [0.717, 1.165) is 26.1 Å². The van der Waals surface area contributed by atoms with Gasteiger partial charge in [-0.3, -0.25) is 11.3 Å². The molecule has 0 saturated carbocycles. The van der Waals surface area contributed by atoms with Crippen LogP contribution in [0.1, 0.15) is 78.1 Å². The lowest BCUT2D eigenvalue weighted by atomic mass is 10.0. The van der Waals surface area contributed by atoms with Crippen LogP contribution in [-0.2, 0) is 4.74 Å². The largest absolute Gasteiger partial charge is 0.381 e. The second kappa shape index (κ2) is 14.9. The monoisotopic (exact) mass is 258 g/mol. The van der Waals surface area contributed by atoms with Gasteiger partial charge in [0.2, 0.25) is 0 Å². The molecule has 18 heavy (non-hydrogen) atoms. The molecule has 0 fully saturated rings. The number of unbranched alkanes of at least 4 members (excludes halogenated alkanes) is 6. The first-order valence-corrected chi connectivity index (χ1v) is 7.89. The quantitative estimate of drug-likeness (QED) is 0.283. The van der Waals surface area contributed by atoms with Crippen molar-refractivity contribution in [3.63, 3.8) is 0 Å². The summed E-state index contributed by atoms with van der Waals surface area (Å²) in [5.41, 5.74) is 2.91. The number of nitrogens with two attached hydrogens (primary N) is 1. The molecule has 3 N–H and O–H groups in total. The van der Waals surface area contributed by atoms with E-state index in [4.69, 9.17) is 10.6 Å². The fourth-order valence-corrected chi connectivity index (χ4v) is 2.13. The van der Waals surface area contributed by atoms with Gasteiger partial charge in [-0.25, -0.2) is 0 Å². The Morgan fingerprint density at radius 1 is 0.833 bits per heavy atom. The minimum atomic E-state index is 0.428. The van der Waals surface area contributed by atoms with Crippen molar-refractivity contribution >= 4 is 0 Å². The standard InChI is InChI=1S/C15H34N2O/c1-3-5-6-7-8-9-10-11-15(17-16)12-14-18-13-4-2/h15,17H,3-14,16H2,1-2H3. The van der Waals surface area contributed by atoms with Crippen molar-refractivity contribution < 1.29 is 4.74 Å². The van der Waals surface area contributed by atoms with Crippen LogP contribution in [0.5, 0.6) is 0 Å². The Bertz CT molecular complexity index is 153. The molecule has 0 heterocycles. The highest BCUT2D eigenvalue weighted by molar-refractivity contribution is 4.63. The molecule has 0 aromatic heterocycles. The minimum absolute atomic E-state index is 0.428. The van der Waals surface area contributed by atoms with Crippen molar-refractivity contribution in [2.45, 2.75) is 84.1 Å². The molecule has 1 atom stereocenters. The lowest BCUT2D eigenvalue weighted by molar-refractivity contribution is 0.123. The maximum atomic E-state index is 5.56. The first-order chi connectivity index (χ1) is 8.85. The van der Waals surface area contributed by atoms with Gasteiger partial charge >= 0.3 is 0 Å². The van der Waals surface area contributed by atoms with Crippen molar-refractivity contribution in [3.8, 4) is 0 Å². The third-order valence-electron chi connectivity index (χ3n) is 3.35. The van der Waals surface area contributed by atoms with Gasteiger partial charge in [0.05, 0.1) is 0 Å². The molecule has 0 radical (unpaired) electrons. The van der Waals surface area contributed by atoms with Crippen LogP contribution in [0.2, 0.25) is 0 Å². The minimum Gasteiger partial charge on any atom is -0.381 e. The Hall–Kier alpha value is -0.120. The number of hydrazine groups is 1. The molecule has 0 spiro atoms. The van der Waals surface area contributed by atoms with Crippen LogP contribution in [0.3, 0.4) is 0 Å². The zero-order chi connectivity index (χ0) is 13.5. The Balaban J connectivity index is 3.27. The number of hydrogen-bond acceptors (Lipinski definition) is 3. The number of rotatable bonds is 14. The van der Waals surface area contributed by atoms with Crippen molar-refractivity contribution in [3.05, 3.63) is 0 Å². The Kier molecular flexibility index (Phi) is 14.8. The van der Waals surface area contributed by atoms with E-state index < -0.39 is 0 Å². The van der Waals surface area contributed by atoms with E-state index in [2.05, 4.69) is 19.3 Å². The van der Waals surface area contributed by atoms with Crippen molar-refractivity contribution in [2.75, 3.05) is 13.2 Å². The first-order valence-electron chi connectivity index (χ1n) is 7.89. The molecule has 0 aromatic rings. The normalized spacial score (nSPS) is 12.8. The van der Waals surface area contributed by atoms with Gasteiger partial charge in [0.25, 0.3) is 0 Å². The average Bonchev–Trinajstić information content (AvgIpc) is 2.40. The van der Waals surface area contributed by atoms with Crippen LogP contribution >= 0.6 is 0 Å². The molecule has 0 aliphatic heterocycles.